The van der Waals surface area contributed by atoms with Crippen molar-refractivity contribution in [3.63, 3.8) is 0 Å². The molecule has 0 saturated carbocycles. The van der Waals surface area contributed by atoms with Crippen molar-refractivity contribution in [2.24, 2.45) is 5.73 Å². The Bertz CT molecular complexity index is 656. The van der Waals surface area contributed by atoms with E-state index < -0.39 is 0 Å². The maximum Gasteiger partial charge on any atom is 0.306 e. The molecule has 0 heterocycles. The third-order valence-corrected chi connectivity index (χ3v) is 9.71. The van der Waals surface area contributed by atoms with E-state index in [1.54, 1.807) is 0 Å². The summed E-state index contributed by atoms with van der Waals surface area (Å²) < 4.78 is 11.4. The minimum Gasteiger partial charge on any atom is -0.466 e. The Hall–Kier alpha value is -1.14. The van der Waals surface area contributed by atoms with Crippen molar-refractivity contribution in [3.8, 4) is 0 Å². The van der Waals surface area contributed by atoms with E-state index in [9.17, 15) is 9.59 Å². The van der Waals surface area contributed by atoms with Gasteiger partial charge in [0.05, 0.1) is 6.61 Å². The zero-order valence-electron chi connectivity index (χ0n) is 32.7. The van der Waals surface area contributed by atoms with Crippen LogP contribution in [0.15, 0.2) is 0 Å². The Kier molecular flexibility index (Phi) is 37.7. The minimum atomic E-state index is -0.0256. The molecule has 48 heavy (non-hydrogen) atoms. The predicted octanol–water partition coefficient (Wildman–Crippen LogP) is 11.9. The third kappa shape index (κ3) is 34.7. The SMILES string of the molecule is CCCCCCCCCC(CCCCCCCCC)OC(=O)CCCCN(CCCN)CCCCCCCCCC(=O)OCCCCC. The van der Waals surface area contributed by atoms with Gasteiger partial charge in [0, 0.05) is 12.8 Å². The Morgan fingerprint density at radius 1 is 0.479 bits per heavy atom. The van der Waals surface area contributed by atoms with Crippen molar-refractivity contribution in [2.45, 2.75) is 226 Å². The molecular formula is C42H84N2O4. The average Bonchev–Trinajstić information content (AvgIpc) is 3.08. The number of esters is 2. The number of hydrogen-bond donors (Lipinski definition) is 1. The number of rotatable bonds is 39. The molecule has 6 heteroatoms. The third-order valence-electron chi connectivity index (χ3n) is 9.71. The number of ether oxygens (including phenoxy) is 2. The van der Waals surface area contributed by atoms with E-state index >= 15 is 0 Å². The van der Waals surface area contributed by atoms with Gasteiger partial charge in [-0.2, -0.15) is 0 Å². The van der Waals surface area contributed by atoms with Crippen molar-refractivity contribution in [1.82, 2.24) is 4.90 Å². The van der Waals surface area contributed by atoms with E-state index in [1.807, 2.05) is 0 Å². The van der Waals surface area contributed by atoms with Crippen molar-refractivity contribution >= 4 is 11.9 Å². The molecule has 0 atom stereocenters. The summed E-state index contributed by atoms with van der Waals surface area (Å²) in [6, 6.07) is 0. The number of hydrogen-bond acceptors (Lipinski definition) is 6. The molecule has 0 spiro atoms. The second-order valence-corrected chi connectivity index (χ2v) is 14.5. The lowest BCUT2D eigenvalue weighted by Crippen LogP contribution is -2.28. The van der Waals surface area contributed by atoms with E-state index in [-0.39, 0.29) is 18.0 Å². The van der Waals surface area contributed by atoms with Crippen LogP contribution in [0.5, 0.6) is 0 Å². The summed E-state index contributed by atoms with van der Waals surface area (Å²) in [4.78, 5) is 27.2. The molecule has 0 aliphatic rings. The topological polar surface area (TPSA) is 81.9 Å². The zero-order valence-corrected chi connectivity index (χ0v) is 32.7. The van der Waals surface area contributed by atoms with Crippen LogP contribution in [0.1, 0.15) is 220 Å². The van der Waals surface area contributed by atoms with Crippen LogP contribution in [0.4, 0.5) is 0 Å². The van der Waals surface area contributed by atoms with Crippen molar-refractivity contribution in [2.75, 3.05) is 32.8 Å². The first kappa shape index (κ1) is 46.9. The minimum absolute atomic E-state index is 0.0169. The van der Waals surface area contributed by atoms with Gasteiger partial charge in [-0.15, -0.1) is 0 Å². The van der Waals surface area contributed by atoms with Gasteiger partial charge in [0.2, 0.25) is 0 Å². The van der Waals surface area contributed by atoms with Crippen LogP contribution in [-0.4, -0.2) is 55.7 Å². The summed E-state index contributed by atoms with van der Waals surface area (Å²) in [5, 5.41) is 0. The molecule has 0 aliphatic carbocycles. The Morgan fingerprint density at radius 2 is 0.875 bits per heavy atom. The van der Waals surface area contributed by atoms with Crippen LogP contribution in [0.2, 0.25) is 0 Å². The van der Waals surface area contributed by atoms with Gasteiger partial charge < -0.3 is 20.1 Å². The van der Waals surface area contributed by atoms with Gasteiger partial charge in [-0.25, -0.2) is 0 Å². The van der Waals surface area contributed by atoms with Crippen LogP contribution in [0, 0.1) is 0 Å². The normalized spacial score (nSPS) is 11.5. The summed E-state index contributed by atoms with van der Waals surface area (Å²) >= 11 is 0. The summed E-state index contributed by atoms with van der Waals surface area (Å²) in [6.07, 6.45) is 36.1. The first-order valence-electron chi connectivity index (χ1n) is 21.3. The quantitative estimate of drug-likeness (QED) is 0.0514. The van der Waals surface area contributed by atoms with Crippen LogP contribution in [-0.2, 0) is 19.1 Å². The fourth-order valence-corrected chi connectivity index (χ4v) is 6.52. The Morgan fingerprint density at radius 3 is 1.42 bits per heavy atom. The number of unbranched alkanes of at least 4 members (excludes halogenated alkanes) is 21. The molecule has 0 fully saturated rings. The van der Waals surface area contributed by atoms with Crippen molar-refractivity contribution < 1.29 is 19.1 Å². The van der Waals surface area contributed by atoms with Gasteiger partial charge in [-0.05, 0) is 90.4 Å². The maximum absolute atomic E-state index is 12.8. The van der Waals surface area contributed by atoms with E-state index in [2.05, 4.69) is 25.7 Å². The monoisotopic (exact) mass is 681 g/mol. The lowest BCUT2D eigenvalue weighted by Gasteiger charge is -2.22. The molecule has 0 rings (SSSR count). The highest BCUT2D eigenvalue weighted by Gasteiger charge is 2.15. The first-order valence-corrected chi connectivity index (χ1v) is 21.3. The second-order valence-electron chi connectivity index (χ2n) is 14.5. The van der Waals surface area contributed by atoms with E-state index in [0.717, 1.165) is 90.4 Å². The van der Waals surface area contributed by atoms with Gasteiger partial charge in [-0.1, -0.05) is 143 Å². The highest BCUT2D eigenvalue weighted by Crippen LogP contribution is 2.18. The molecule has 6 nitrogen and oxygen atoms in total. The molecule has 0 radical (unpaired) electrons. The Labute approximate surface area is 299 Å². The zero-order chi connectivity index (χ0) is 35.2. The second kappa shape index (κ2) is 38.7. The van der Waals surface area contributed by atoms with Gasteiger partial charge in [-0.3, -0.25) is 9.59 Å². The summed E-state index contributed by atoms with van der Waals surface area (Å²) in [6.45, 7) is 11.2. The number of nitrogens with two attached hydrogens (primary N) is 1. The molecule has 2 N–H and O–H groups in total. The molecular weight excluding hydrogens is 596 g/mol. The molecule has 0 amide bonds. The Balaban J connectivity index is 4.21. The smallest absolute Gasteiger partial charge is 0.306 e. The molecule has 0 aromatic carbocycles. The molecule has 286 valence electrons. The van der Waals surface area contributed by atoms with E-state index in [4.69, 9.17) is 15.2 Å². The maximum atomic E-state index is 12.8. The highest BCUT2D eigenvalue weighted by atomic mass is 16.5. The van der Waals surface area contributed by atoms with Gasteiger partial charge in [0.15, 0.2) is 0 Å². The van der Waals surface area contributed by atoms with Crippen molar-refractivity contribution in [1.29, 1.82) is 0 Å². The largest absolute Gasteiger partial charge is 0.466 e. The summed E-state index contributed by atoms with van der Waals surface area (Å²) in [7, 11) is 0. The fraction of sp³-hybridized carbons (Fsp3) is 0.952. The molecule has 0 bridgehead atoms. The molecule has 0 aromatic heterocycles. The average molecular weight is 681 g/mol. The fourth-order valence-electron chi connectivity index (χ4n) is 6.52. The van der Waals surface area contributed by atoms with E-state index in [0.29, 0.717) is 19.4 Å². The van der Waals surface area contributed by atoms with Crippen LogP contribution < -0.4 is 5.73 Å². The van der Waals surface area contributed by atoms with Gasteiger partial charge in [0.1, 0.15) is 6.10 Å². The van der Waals surface area contributed by atoms with Crippen LogP contribution >= 0.6 is 0 Å². The van der Waals surface area contributed by atoms with Crippen LogP contribution in [0.25, 0.3) is 0 Å². The van der Waals surface area contributed by atoms with Crippen molar-refractivity contribution in [3.05, 3.63) is 0 Å². The van der Waals surface area contributed by atoms with Crippen LogP contribution in [0.3, 0.4) is 0 Å². The lowest BCUT2D eigenvalue weighted by atomic mass is 10.0. The molecule has 0 aromatic rings. The molecule has 0 unspecified atom stereocenters. The van der Waals surface area contributed by atoms with Gasteiger partial charge in [0.25, 0.3) is 0 Å². The predicted molar refractivity (Wildman–Crippen MR) is 206 cm³/mol. The molecule has 0 saturated heterocycles. The highest BCUT2D eigenvalue weighted by molar-refractivity contribution is 5.69. The first-order chi connectivity index (χ1) is 23.6. The molecule has 0 aliphatic heterocycles. The van der Waals surface area contributed by atoms with E-state index in [1.165, 1.54) is 122 Å². The summed E-state index contributed by atoms with van der Waals surface area (Å²) in [5.74, 6) is -0.00867. The standard InChI is InChI=1S/C42H84N2O4/c1-4-7-10-12-15-19-23-31-40(32-24-20-16-13-11-8-5-2)48-42(46)34-26-28-37-44(38-30-35-43)36-27-22-18-14-17-21-25-33-41(45)47-39-29-9-6-3/h40H,4-39,43H2,1-3H3. The number of carbonyl (C=O) groups excluding carboxylic acids is 2. The number of carbonyl (C=O) groups is 2. The van der Waals surface area contributed by atoms with Gasteiger partial charge >= 0.3 is 11.9 Å². The summed E-state index contributed by atoms with van der Waals surface area (Å²) in [5.41, 5.74) is 5.83. The lowest BCUT2D eigenvalue weighted by molar-refractivity contribution is -0.150. The number of nitrogens with zero attached hydrogens (tertiary/aromatic N) is 1.